The van der Waals surface area contributed by atoms with E-state index in [-0.39, 0.29) is 17.0 Å². The molecule has 51 heavy (non-hydrogen) atoms. The summed E-state index contributed by atoms with van der Waals surface area (Å²) in [4.78, 5) is 37.8. The summed E-state index contributed by atoms with van der Waals surface area (Å²) in [7, 11) is 0. The van der Waals surface area contributed by atoms with Crippen LogP contribution in [0, 0.1) is 33.2 Å². The Bertz CT molecular complexity index is 1930. The predicted molar refractivity (Wildman–Crippen MR) is 197 cm³/mol. The third kappa shape index (κ3) is 7.10. The number of nitro benzene ring substituents is 1. The van der Waals surface area contributed by atoms with Crippen molar-refractivity contribution in [2.75, 3.05) is 42.9 Å². The second-order valence-corrected chi connectivity index (χ2v) is 16.0. The number of nitrogens with zero attached hydrogens (tertiary/aromatic N) is 4. The van der Waals surface area contributed by atoms with Gasteiger partial charge in [0.05, 0.1) is 22.4 Å². The first-order valence-corrected chi connectivity index (χ1v) is 19.0. The number of carbonyl (C=O) groups excluding carboxylic acids is 1. The van der Waals surface area contributed by atoms with Gasteiger partial charge < -0.3 is 24.8 Å². The Kier molecular flexibility index (Phi) is 9.26. The Morgan fingerprint density at radius 3 is 2.65 bits per heavy atom. The van der Waals surface area contributed by atoms with Crippen molar-refractivity contribution in [3.63, 3.8) is 0 Å². The van der Waals surface area contributed by atoms with Crippen LogP contribution in [0.5, 0.6) is 11.5 Å². The zero-order chi connectivity index (χ0) is 35.1. The van der Waals surface area contributed by atoms with Crippen molar-refractivity contribution in [3.8, 4) is 11.5 Å². The summed E-state index contributed by atoms with van der Waals surface area (Å²) >= 11 is 0.938. The Morgan fingerprint density at radius 1 is 1.12 bits per heavy atom. The van der Waals surface area contributed by atoms with Crippen LogP contribution in [-0.2, 0) is 0 Å². The molecule has 2 saturated carbocycles. The zero-order valence-electron chi connectivity index (χ0n) is 28.8. The summed E-state index contributed by atoms with van der Waals surface area (Å²) in [5.74, 6) is 0.745. The van der Waals surface area contributed by atoms with Crippen molar-refractivity contribution in [2.45, 2.75) is 69.2 Å². The number of aromatic amines is 1. The summed E-state index contributed by atoms with van der Waals surface area (Å²) in [5.41, 5.74) is 1.85. The molecule has 3 N–H and O–H groups in total. The molecular weight excluding hydrogens is 670 g/mol. The maximum Gasteiger partial charge on any atom is 0.293 e. The van der Waals surface area contributed by atoms with Crippen LogP contribution in [0.4, 0.5) is 21.5 Å². The molecule has 1 amide bonds. The topological polar surface area (TPSA) is 129 Å². The van der Waals surface area contributed by atoms with E-state index in [9.17, 15) is 14.9 Å². The van der Waals surface area contributed by atoms with Crippen LogP contribution < -0.4 is 19.7 Å². The number of pyridine rings is 1. The standard InChI is InChI=1S/C38H44FN7O4S/c1-24-14-25(15-24)22-41-32-5-4-29(17-34(32)46(48)49)51-43-37(47)30-18-31(39)33(19-35(30)50-28-16-26-6-9-40-36(26)42-23-28)45-12-7-38(8-13-45)20-27(21-38)44-10-2-3-11-44/h4-6,9,16-19,23-25,27,41H,2-3,7-8,10-15,20-22H2,1H3,(H,40,42)(H,43,47). The summed E-state index contributed by atoms with van der Waals surface area (Å²) in [6.45, 7) is 6.81. The molecule has 8 rings (SSSR count). The quantitative estimate of drug-likeness (QED) is 0.0802. The number of carbonyl (C=O) groups is 1. The smallest absolute Gasteiger partial charge is 0.293 e. The Morgan fingerprint density at radius 2 is 1.90 bits per heavy atom. The van der Waals surface area contributed by atoms with E-state index in [2.05, 4.69) is 36.7 Å². The minimum absolute atomic E-state index is 0.0151. The maximum absolute atomic E-state index is 16.0. The summed E-state index contributed by atoms with van der Waals surface area (Å²) in [6.07, 6.45) is 12.7. The molecule has 268 valence electrons. The van der Waals surface area contributed by atoms with Gasteiger partial charge in [-0.15, -0.1) is 0 Å². The molecule has 0 unspecified atom stereocenters. The van der Waals surface area contributed by atoms with E-state index in [0.717, 1.165) is 56.1 Å². The lowest BCUT2D eigenvalue weighted by Crippen LogP contribution is -2.54. The van der Waals surface area contributed by atoms with Crippen LogP contribution in [0.1, 0.15) is 68.6 Å². The average Bonchev–Trinajstić information content (AvgIpc) is 3.81. The number of nitro groups is 1. The van der Waals surface area contributed by atoms with E-state index >= 15 is 4.39 Å². The first-order valence-electron chi connectivity index (χ1n) is 18.1. The van der Waals surface area contributed by atoms with Gasteiger partial charge in [-0.1, -0.05) is 6.92 Å². The molecule has 2 aliphatic carbocycles. The number of halogens is 1. The van der Waals surface area contributed by atoms with Gasteiger partial charge in [0.2, 0.25) is 0 Å². The SMILES string of the molecule is CC1CC(CNc2ccc(SNC(=O)c3cc(F)c(N4CCC5(CC4)CC(N4CCCC4)C5)cc3Oc3cnc4[nH]ccc4c3)cc2[N+](=O)[O-])C1. The summed E-state index contributed by atoms with van der Waals surface area (Å²) in [5, 5.41) is 16.0. The first kappa shape index (κ1) is 33.8. The number of aromatic nitrogens is 2. The monoisotopic (exact) mass is 713 g/mol. The number of H-pyrrole nitrogens is 1. The predicted octanol–water partition coefficient (Wildman–Crippen LogP) is 8.14. The van der Waals surface area contributed by atoms with E-state index in [1.165, 1.54) is 50.9 Å². The van der Waals surface area contributed by atoms with E-state index in [1.807, 2.05) is 12.1 Å². The van der Waals surface area contributed by atoms with Crippen molar-refractivity contribution >= 4 is 46.0 Å². The number of nitrogens with one attached hydrogen (secondary N) is 3. The van der Waals surface area contributed by atoms with Crippen LogP contribution >= 0.6 is 11.9 Å². The van der Waals surface area contributed by atoms with Gasteiger partial charge in [-0.05, 0) is 124 Å². The fourth-order valence-electron chi connectivity index (χ4n) is 8.61. The van der Waals surface area contributed by atoms with Gasteiger partial charge in [0.25, 0.3) is 11.6 Å². The second kappa shape index (κ2) is 14.0. The van der Waals surface area contributed by atoms with Crippen LogP contribution in [0.25, 0.3) is 11.0 Å². The number of anilines is 2. The van der Waals surface area contributed by atoms with E-state index < -0.39 is 16.6 Å². The number of fused-ring (bicyclic) bond motifs is 1. The molecule has 4 aliphatic rings. The molecule has 0 radical (unpaired) electrons. The lowest BCUT2D eigenvalue weighted by molar-refractivity contribution is -0.384. The van der Waals surface area contributed by atoms with Gasteiger partial charge >= 0.3 is 0 Å². The molecule has 11 nitrogen and oxygen atoms in total. The molecule has 0 atom stereocenters. The van der Waals surface area contributed by atoms with Crippen LogP contribution in [0.15, 0.2) is 59.8 Å². The number of hydrogen-bond donors (Lipinski definition) is 3. The average molecular weight is 714 g/mol. The van der Waals surface area contributed by atoms with Crippen molar-refractivity contribution in [2.24, 2.45) is 17.3 Å². The van der Waals surface area contributed by atoms with Crippen molar-refractivity contribution < 1.29 is 18.8 Å². The Balaban J connectivity index is 0.987. The van der Waals surface area contributed by atoms with Crippen LogP contribution in [0.2, 0.25) is 0 Å². The highest BCUT2D eigenvalue weighted by molar-refractivity contribution is 7.98. The summed E-state index contributed by atoms with van der Waals surface area (Å²) in [6, 6.07) is 12.1. The highest BCUT2D eigenvalue weighted by Gasteiger charge is 2.48. The number of hydrogen-bond acceptors (Lipinski definition) is 9. The maximum atomic E-state index is 16.0. The van der Waals surface area contributed by atoms with E-state index in [1.54, 1.807) is 30.6 Å². The molecule has 4 aromatic rings. The van der Waals surface area contributed by atoms with Gasteiger partial charge in [-0.3, -0.25) is 19.6 Å². The van der Waals surface area contributed by atoms with Gasteiger partial charge in [-0.25, -0.2) is 9.37 Å². The fourth-order valence-corrected chi connectivity index (χ4v) is 9.24. The second-order valence-electron chi connectivity index (χ2n) is 15.1. The van der Waals surface area contributed by atoms with E-state index in [4.69, 9.17) is 4.74 Å². The molecule has 0 bridgehead atoms. The van der Waals surface area contributed by atoms with Crippen molar-refractivity contribution in [1.82, 2.24) is 19.6 Å². The lowest BCUT2D eigenvalue weighted by atomic mass is 9.60. The molecule has 2 aliphatic heterocycles. The molecule has 1 spiro atoms. The highest BCUT2D eigenvalue weighted by atomic mass is 32.2. The lowest BCUT2D eigenvalue weighted by Gasteiger charge is -2.55. The molecule has 2 aromatic heterocycles. The van der Waals surface area contributed by atoms with Crippen LogP contribution in [-0.4, -0.2) is 64.5 Å². The van der Waals surface area contributed by atoms with E-state index in [0.29, 0.717) is 57.5 Å². The molecule has 2 saturated heterocycles. The third-order valence-corrected chi connectivity index (χ3v) is 12.3. The zero-order valence-corrected chi connectivity index (χ0v) is 29.6. The van der Waals surface area contributed by atoms with Gasteiger partial charge in [0.1, 0.15) is 28.7 Å². The fraction of sp³-hybridized carbons (Fsp3) is 0.474. The molecule has 4 heterocycles. The number of rotatable bonds is 11. The Hall–Kier alpha value is -4.36. The van der Waals surface area contributed by atoms with Gasteiger partial charge in [-0.2, -0.15) is 0 Å². The molecule has 4 fully saturated rings. The highest BCUT2D eigenvalue weighted by Crippen LogP contribution is 2.52. The van der Waals surface area contributed by atoms with Crippen LogP contribution in [0.3, 0.4) is 0 Å². The normalized spacial score (nSPS) is 21.7. The summed E-state index contributed by atoms with van der Waals surface area (Å²) < 4.78 is 25.0. The largest absolute Gasteiger partial charge is 0.455 e. The Labute approximate surface area is 301 Å². The number of likely N-dealkylation sites (tertiary alicyclic amines) is 1. The number of amides is 1. The van der Waals surface area contributed by atoms with Gasteiger partial charge in [0, 0.05) is 54.3 Å². The van der Waals surface area contributed by atoms with Crippen molar-refractivity contribution in [3.05, 3.63) is 76.4 Å². The minimum Gasteiger partial charge on any atom is -0.455 e. The molecular formula is C38H44FN7O4S. The molecule has 13 heteroatoms. The number of benzene rings is 2. The number of ether oxygens (including phenoxy) is 1. The third-order valence-electron chi connectivity index (χ3n) is 11.5. The minimum atomic E-state index is -0.583. The first-order chi connectivity index (χ1) is 24.7. The number of piperidine rings is 1. The molecule has 2 aromatic carbocycles. The van der Waals surface area contributed by atoms with Crippen molar-refractivity contribution in [1.29, 1.82) is 0 Å². The van der Waals surface area contributed by atoms with Gasteiger partial charge in [0.15, 0.2) is 0 Å².